The van der Waals surface area contributed by atoms with Gasteiger partial charge in [0.15, 0.2) is 0 Å². The van der Waals surface area contributed by atoms with Gasteiger partial charge in [-0.1, -0.05) is 0 Å². The summed E-state index contributed by atoms with van der Waals surface area (Å²) in [5, 5.41) is 12.7. The molecule has 0 spiro atoms. The first kappa shape index (κ1) is 14.3. The van der Waals surface area contributed by atoms with Crippen LogP contribution < -0.4 is 10.0 Å². The van der Waals surface area contributed by atoms with Gasteiger partial charge in [-0.3, -0.25) is 0 Å². The lowest BCUT2D eigenvalue weighted by Gasteiger charge is -2.18. The second kappa shape index (κ2) is 5.11. The molecule has 0 bridgehead atoms. The summed E-state index contributed by atoms with van der Waals surface area (Å²) in [6.07, 6.45) is 1.84. The molecule has 0 amide bonds. The highest BCUT2D eigenvalue weighted by atomic mass is 32.2. The number of sulfonamides is 1. The fourth-order valence-electron chi connectivity index (χ4n) is 1.56. The molecule has 0 heterocycles. The molecule has 5 nitrogen and oxygen atoms in total. The van der Waals surface area contributed by atoms with Crippen LogP contribution in [0.4, 0.5) is 5.69 Å². The zero-order valence-electron chi connectivity index (χ0n) is 11.2. The molecular formula is C13H20N2O3S. The summed E-state index contributed by atoms with van der Waals surface area (Å²) in [6.45, 7) is 3.82. The van der Waals surface area contributed by atoms with E-state index >= 15 is 0 Å². The summed E-state index contributed by atoms with van der Waals surface area (Å²) in [5.41, 5.74) is -0.0225. The van der Waals surface area contributed by atoms with Gasteiger partial charge in [-0.25, -0.2) is 13.1 Å². The number of hydrogen-bond acceptors (Lipinski definition) is 4. The quantitative estimate of drug-likeness (QED) is 0.736. The summed E-state index contributed by atoms with van der Waals surface area (Å²) in [6, 6.07) is 6.65. The number of benzene rings is 1. The van der Waals surface area contributed by atoms with Crippen molar-refractivity contribution in [3.05, 3.63) is 24.3 Å². The Balaban J connectivity index is 2.01. The van der Waals surface area contributed by atoms with E-state index < -0.39 is 15.6 Å². The van der Waals surface area contributed by atoms with Gasteiger partial charge < -0.3 is 10.4 Å². The molecule has 1 aliphatic carbocycles. The molecule has 2 rings (SSSR count). The van der Waals surface area contributed by atoms with Gasteiger partial charge in [-0.15, -0.1) is 0 Å². The van der Waals surface area contributed by atoms with Gasteiger partial charge in [-0.2, -0.15) is 0 Å². The maximum absolute atomic E-state index is 11.9. The smallest absolute Gasteiger partial charge is 0.240 e. The van der Waals surface area contributed by atoms with Gasteiger partial charge in [0.05, 0.1) is 10.5 Å². The van der Waals surface area contributed by atoms with Crippen molar-refractivity contribution in [2.45, 2.75) is 43.2 Å². The number of nitrogens with one attached hydrogen (secondary N) is 2. The van der Waals surface area contributed by atoms with Crippen LogP contribution in [0.1, 0.15) is 26.7 Å². The van der Waals surface area contributed by atoms with Crippen LogP contribution in [0.5, 0.6) is 0 Å². The van der Waals surface area contributed by atoms with E-state index in [-0.39, 0.29) is 10.9 Å². The number of anilines is 1. The van der Waals surface area contributed by atoms with E-state index in [0.29, 0.717) is 6.54 Å². The minimum atomic E-state index is -3.38. The van der Waals surface area contributed by atoms with Crippen LogP contribution in [0.3, 0.4) is 0 Å². The molecule has 0 aromatic heterocycles. The molecule has 0 unspecified atom stereocenters. The fourth-order valence-corrected chi connectivity index (χ4v) is 2.86. The Morgan fingerprint density at radius 1 is 1.26 bits per heavy atom. The van der Waals surface area contributed by atoms with Crippen LogP contribution in [-0.2, 0) is 10.0 Å². The van der Waals surface area contributed by atoms with Crippen molar-refractivity contribution in [2.75, 3.05) is 11.9 Å². The van der Waals surface area contributed by atoms with E-state index in [1.807, 2.05) is 0 Å². The van der Waals surface area contributed by atoms with Gasteiger partial charge >= 0.3 is 0 Å². The van der Waals surface area contributed by atoms with Crippen LogP contribution >= 0.6 is 0 Å². The molecule has 0 atom stereocenters. The lowest BCUT2D eigenvalue weighted by atomic mass is 10.1. The number of hydrogen-bond donors (Lipinski definition) is 3. The molecule has 0 saturated heterocycles. The van der Waals surface area contributed by atoms with E-state index in [1.54, 1.807) is 38.1 Å². The van der Waals surface area contributed by atoms with Crippen molar-refractivity contribution in [2.24, 2.45) is 0 Å². The molecule has 106 valence electrons. The molecular weight excluding hydrogens is 264 g/mol. The zero-order valence-corrected chi connectivity index (χ0v) is 12.0. The van der Waals surface area contributed by atoms with Gasteiger partial charge in [0.2, 0.25) is 10.0 Å². The minimum absolute atomic E-state index is 0.109. The Bertz CT molecular complexity index is 528. The van der Waals surface area contributed by atoms with Crippen LogP contribution in [0.2, 0.25) is 0 Å². The molecule has 19 heavy (non-hydrogen) atoms. The third-order valence-corrected chi connectivity index (χ3v) is 4.33. The molecule has 1 aromatic carbocycles. The predicted octanol–water partition coefficient (Wildman–Crippen LogP) is 1.31. The molecule has 3 N–H and O–H groups in total. The highest BCUT2D eigenvalue weighted by Crippen LogP contribution is 2.22. The van der Waals surface area contributed by atoms with Gasteiger partial charge in [0, 0.05) is 18.3 Å². The summed E-state index contributed by atoms with van der Waals surface area (Å²) >= 11 is 0. The minimum Gasteiger partial charge on any atom is -0.389 e. The Morgan fingerprint density at radius 3 is 2.32 bits per heavy atom. The molecule has 1 saturated carbocycles. The first-order valence-electron chi connectivity index (χ1n) is 6.35. The highest BCUT2D eigenvalue weighted by Gasteiger charge is 2.27. The van der Waals surface area contributed by atoms with Crippen LogP contribution in [0.25, 0.3) is 0 Å². The average molecular weight is 284 g/mol. The van der Waals surface area contributed by atoms with Crippen molar-refractivity contribution in [1.29, 1.82) is 0 Å². The van der Waals surface area contributed by atoms with E-state index in [9.17, 15) is 13.5 Å². The monoisotopic (exact) mass is 284 g/mol. The van der Waals surface area contributed by atoms with Gasteiger partial charge in [0.25, 0.3) is 0 Å². The average Bonchev–Trinajstić information content (AvgIpc) is 3.09. The summed E-state index contributed by atoms with van der Waals surface area (Å²) in [7, 11) is -3.38. The van der Waals surface area contributed by atoms with E-state index in [0.717, 1.165) is 18.5 Å². The fraction of sp³-hybridized carbons (Fsp3) is 0.538. The topological polar surface area (TPSA) is 78.4 Å². The van der Waals surface area contributed by atoms with Crippen molar-refractivity contribution < 1.29 is 13.5 Å². The standard InChI is InChI=1S/C13H20N2O3S/c1-13(2,16)9-14-10-5-7-12(8-6-10)19(17,18)15-11-3-4-11/h5-8,11,14-16H,3-4,9H2,1-2H3. The Labute approximate surface area is 114 Å². The van der Waals surface area contributed by atoms with E-state index in [1.165, 1.54) is 0 Å². The Hall–Kier alpha value is -1.11. The van der Waals surface area contributed by atoms with E-state index in [4.69, 9.17) is 0 Å². The SMILES string of the molecule is CC(C)(O)CNc1ccc(S(=O)(=O)NC2CC2)cc1. The van der Waals surface area contributed by atoms with Crippen molar-refractivity contribution in [1.82, 2.24) is 4.72 Å². The Morgan fingerprint density at radius 2 is 1.84 bits per heavy atom. The first-order chi connectivity index (χ1) is 8.76. The summed E-state index contributed by atoms with van der Waals surface area (Å²) in [5.74, 6) is 0. The maximum atomic E-state index is 11.9. The van der Waals surface area contributed by atoms with Gasteiger partial charge in [-0.05, 0) is 51.0 Å². The lowest BCUT2D eigenvalue weighted by Crippen LogP contribution is -2.29. The van der Waals surface area contributed by atoms with Crippen LogP contribution in [0, 0.1) is 0 Å². The third-order valence-electron chi connectivity index (χ3n) is 2.79. The lowest BCUT2D eigenvalue weighted by molar-refractivity contribution is 0.0945. The second-order valence-electron chi connectivity index (χ2n) is 5.59. The largest absolute Gasteiger partial charge is 0.389 e. The predicted molar refractivity (Wildman–Crippen MR) is 74.6 cm³/mol. The van der Waals surface area contributed by atoms with Crippen molar-refractivity contribution in [3.8, 4) is 0 Å². The van der Waals surface area contributed by atoms with Crippen LogP contribution in [-0.4, -0.2) is 31.7 Å². The second-order valence-corrected chi connectivity index (χ2v) is 7.30. The third kappa shape index (κ3) is 4.49. The zero-order chi connectivity index (χ0) is 14.1. The molecule has 1 aromatic rings. The van der Waals surface area contributed by atoms with Crippen molar-refractivity contribution in [3.63, 3.8) is 0 Å². The Kier molecular flexibility index (Phi) is 3.85. The number of aliphatic hydroxyl groups is 1. The molecule has 6 heteroatoms. The summed E-state index contributed by atoms with van der Waals surface area (Å²) in [4.78, 5) is 0.271. The maximum Gasteiger partial charge on any atom is 0.240 e. The summed E-state index contributed by atoms with van der Waals surface area (Å²) < 4.78 is 26.5. The molecule has 1 aliphatic rings. The molecule has 1 fully saturated rings. The first-order valence-corrected chi connectivity index (χ1v) is 7.83. The van der Waals surface area contributed by atoms with Gasteiger partial charge in [0.1, 0.15) is 0 Å². The number of rotatable bonds is 6. The highest BCUT2D eigenvalue weighted by molar-refractivity contribution is 7.89. The van der Waals surface area contributed by atoms with E-state index in [2.05, 4.69) is 10.0 Å². The molecule has 0 aliphatic heterocycles. The van der Waals surface area contributed by atoms with Crippen LogP contribution in [0.15, 0.2) is 29.2 Å². The normalized spacial score (nSPS) is 16.4. The molecule has 0 radical (unpaired) electrons. The van der Waals surface area contributed by atoms with Crippen molar-refractivity contribution >= 4 is 15.7 Å².